The first kappa shape index (κ1) is 21.2. The molecule has 0 aliphatic heterocycles. The first-order chi connectivity index (χ1) is 16.2. The van der Waals surface area contributed by atoms with Gasteiger partial charge in [0.15, 0.2) is 0 Å². The Balaban J connectivity index is 1.67. The first-order valence-corrected chi connectivity index (χ1v) is 10.9. The molecule has 0 saturated heterocycles. The highest BCUT2D eigenvalue weighted by molar-refractivity contribution is 6.32. The standard InChI is InChI=1S/C27H21ClN2O3/c1-32-16-19-25-22(14-29-26(19)27(31)17-8-3-2-4-9-17)30-21-12-7-10-18(24(21)25)15-33-23-13-6-5-11-20(23)28/h2-14,30H,15-16H2,1H3. The number of H-pyrrole nitrogens is 1. The molecule has 0 aliphatic carbocycles. The molecule has 3 aromatic carbocycles. The van der Waals surface area contributed by atoms with E-state index in [4.69, 9.17) is 21.1 Å². The molecule has 0 unspecified atom stereocenters. The fraction of sp³-hybridized carbons (Fsp3) is 0.111. The molecule has 0 spiro atoms. The zero-order valence-electron chi connectivity index (χ0n) is 18.0. The average Bonchev–Trinajstić information content (AvgIpc) is 3.24. The van der Waals surface area contributed by atoms with Crippen LogP contribution < -0.4 is 4.74 Å². The molecule has 5 rings (SSSR count). The van der Waals surface area contributed by atoms with Gasteiger partial charge in [0.2, 0.25) is 5.78 Å². The Labute approximate surface area is 195 Å². The van der Waals surface area contributed by atoms with Crippen LogP contribution >= 0.6 is 11.6 Å². The van der Waals surface area contributed by atoms with Gasteiger partial charge in [-0.25, -0.2) is 0 Å². The van der Waals surface area contributed by atoms with Crippen LogP contribution in [0.3, 0.4) is 0 Å². The van der Waals surface area contributed by atoms with Crippen molar-refractivity contribution in [2.24, 2.45) is 0 Å². The number of pyridine rings is 1. The molecule has 2 heterocycles. The molecule has 0 aliphatic rings. The summed E-state index contributed by atoms with van der Waals surface area (Å²) in [5.41, 5.74) is 4.48. The highest BCUT2D eigenvalue weighted by Crippen LogP contribution is 2.34. The number of aromatic nitrogens is 2. The van der Waals surface area contributed by atoms with Crippen LogP contribution in [0, 0.1) is 0 Å². The van der Waals surface area contributed by atoms with Crippen molar-refractivity contribution < 1.29 is 14.3 Å². The lowest BCUT2D eigenvalue weighted by Gasteiger charge is -2.12. The Morgan fingerprint density at radius 1 is 0.909 bits per heavy atom. The zero-order valence-corrected chi connectivity index (χ0v) is 18.7. The predicted octanol–water partition coefficient (Wildman–Crippen LogP) is 6.33. The number of para-hydroxylation sites is 1. The Kier molecular flexibility index (Phi) is 5.82. The van der Waals surface area contributed by atoms with Gasteiger partial charge >= 0.3 is 0 Å². The van der Waals surface area contributed by atoms with Crippen LogP contribution in [0.25, 0.3) is 21.8 Å². The minimum absolute atomic E-state index is 0.135. The monoisotopic (exact) mass is 456 g/mol. The van der Waals surface area contributed by atoms with E-state index in [0.29, 0.717) is 28.6 Å². The van der Waals surface area contributed by atoms with Crippen molar-refractivity contribution in [3.05, 3.63) is 106 Å². The number of rotatable bonds is 7. The topological polar surface area (TPSA) is 64.2 Å². The van der Waals surface area contributed by atoms with Crippen molar-refractivity contribution in [1.82, 2.24) is 9.97 Å². The molecule has 5 nitrogen and oxygen atoms in total. The Hall–Kier alpha value is -3.67. The van der Waals surface area contributed by atoms with Gasteiger partial charge in [-0.2, -0.15) is 0 Å². The van der Waals surface area contributed by atoms with Gasteiger partial charge in [-0.1, -0.05) is 66.2 Å². The summed E-state index contributed by atoms with van der Waals surface area (Å²) >= 11 is 6.27. The van der Waals surface area contributed by atoms with E-state index < -0.39 is 0 Å². The van der Waals surface area contributed by atoms with Gasteiger partial charge < -0.3 is 14.5 Å². The zero-order chi connectivity index (χ0) is 22.8. The molecule has 0 bridgehead atoms. The Morgan fingerprint density at radius 3 is 2.48 bits per heavy atom. The number of halogens is 1. The van der Waals surface area contributed by atoms with Gasteiger partial charge in [0.1, 0.15) is 18.1 Å². The minimum Gasteiger partial charge on any atom is -0.487 e. The third-order valence-corrected chi connectivity index (χ3v) is 5.92. The molecule has 0 radical (unpaired) electrons. The van der Waals surface area contributed by atoms with E-state index in [1.807, 2.05) is 54.6 Å². The van der Waals surface area contributed by atoms with E-state index >= 15 is 0 Å². The number of carbonyl (C=O) groups is 1. The second kappa shape index (κ2) is 9.06. The van der Waals surface area contributed by atoms with Crippen molar-refractivity contribution in [3.8, 4) is 5.75 Å². The maximum Gasteiger partial charge on any atom is 0.211 e. The third-order valence-electron chi connectivity index (χ3n) is 5.61. The summed E-state index contributed by atoms with van der Waals surface area (Å²) in [5.74, 6) is 0.485. The van der Waals surface area contributed by atoms with E-state index in [0.717, 1.165) is 32.9 Å². The van der Waals surface area contributed by atoms with E-state index in [2.05, 4.69) is 9.97 Å². The third kappa shape index (κ3) is 3.97. The number of hydrogen-bond donors (Lipinski definition) is 1. The van der Waals surface area contributed by atoms with Crippen molar-refractivity contribution in [2.45, 2.75) is 13.2 Å². The molecule has 1 N–H and O–H groups in total. The molecule has 6 heteroatoms. The first-order valence-electron chi connectivity index (χ1n) is 10.5. The fourth-order valence-electron chi connectivity index (χ4n) is 4.12. The van der Waals surface area contributed by atoms with Crippen molar-refractivity contribution >= 4 is 39.2 Å². The number of ketones is 1. The molecule has 33 heavy (non-hydrogen) atoms. The maximum absolute atomic E-state index is 13.3. The maximum atomic E-state index is 13.3. The molecule has 2 aromatic heterocycles. The lowest BCUT2D eigenvalue weighted by Crippen LogP contribution is -2.09. The van der Waals surface area contributed by atoms with E-state index in [1.54, 1.807) is 31.5 Å². The van der Waals surface area contributed by atoms with Gasteiger partial charge in [-0.3, -0.25) is 9.78 Å². The summed E-state index contributed by atoms with van der Waals surface area (Å²) in [5, 5.41) is 2.46. The number of methoxy groups -OCH3 is 1. The van der Waals surface area contributed by atoms with Crippen molar-refractivity contribution in [3.63, 3.8) is 0 Å². The van der Waals surface area contributed by atoms with Crippen LogP contribution in [0.4, 0.5) is 0 Å². The summed E-state index contributed by atoms with van der Waals surface area (Å²) in [6.07, 6.45) is 1.71. The second-order valence-corrected chi connectivity index (χ2v) is 8.09. The smallest absolute Gasteiger partial charge is 0.211 e. The van der Waals surface area contributed by atoms with Crippen LogP contribution in [0.5, 0.6) is 5.75 Å². The number of ether oxygens (including phenoxy) is 2. The molecule has 0 fully saturated rings. The SMILES string of the molecule is COCc1c(C(=O)c2ccccc2)ncc2[nH]c3cccc(COc4ccccc4Cl)c3c12. The molecule has 164 valence electrons. The van der Waals surface area contributed by atoms with Gasteiger partial charge in [0.25, 0.3) is 0 Å². The Morgan fingerprint density at radius 2 is 1.70 bits per heavy atom. The van der Waals surface area contributed by atoms with Gasteiger partial charge in [0, 0.05) is 34.5 Å². The number of carbonyl (C=O) groups excluding carboxylic acids is 1. The fourth-order valence-corrected chi connectivity index (χ4v) is 4.31. The largest absolute Gasteiger partial charge is 0.487 e. The molecular formula is C27H21ClN2O3. The highest BCUT2D eigenvalue weighted by atomic mass is 35.5. The van der Waals surface area contributed by atoms with Crippen molar-refractivity contribution in [1.29, 1.82) is 0 Å². The molecular weight excluding hydrogens is 436 g/mol. The summed E-state index contributed by atoms with van der Waals surface area (Å²) in [4.78, 5) is 21.3. The van der Waals surface area contributed by atoms with E-state index in [9.17, 15) is 4.79 Å². The molecule has 5 aromatic rings. The average molecular weight is 457 g/mol. The van der Waals surface area contributed by atoms with Gasteiger partial charge in [-0.15, -0.1) is 0 Å². The summed E-state index contributed by atoms with van der Waals surface area (Å²) in [6, 6.07) is 22.5. The normalized spacial score (nSPS) is 11.2. The van der Waals surface area contributed by atoms with Crippen molar-refractivity contribution in [2.75, 3.05) is 7.11 Å². The van der Waals surface area contributed by atoms with Crippen LogP contribution in [0.2, 0.25) is 5.02 Å². The van der Waals surface area contributed by atoms with Crippen LogP contribution in [0.1, 0.15) is 27.2 Å². The summed E-state index contributed by atoms with van der Waals surface area (Å²) < 4.78 is 11.5. The number of nitrogens with one attached hydrogen (secondary N) is 1. The molecule has 0 saturated carbocycles. The van der Waals surface area contributed by atoms with Gasteiger partial charge in [0.05, 0.1) is 23.3 Å². The molecule has 0 atom stereocenters. The minimum atomic E-state index is -0.135. The lowest BCUT2D eigenvalue weighted by atomic mass is 9.98. The summed E-state index contributed by atoms with van der Waals surface area (Å²) in [6.45, 7) is 0.579. The number of hydrogen-bond acceptors (Lipinski definition) is 4. The molecule has 0 amide bonds. The van der Waals surface area contributed by atoms with Crippen LogP contribution in [-0.4, -0.2) is 22.9 Å². The quantitative estimate of drug-likeness (QED) is 0.291. The van der Waals surface area contributed by atoms with Gasteiger partial charge in [-0.05, 0) is 23.8 Å². The number of nitrogens with zero attached hydrogens (tertiary/aromatic N) is 1. The summed E-state index contributed by atoms with van der Waals surface area (Å²) in [7, 11) is 1.62. The number of aromatic amines is 1. The second-order valence-electron chi connectivity index (χ2n) is 7.69. The number of fused-ring (bicyclic) bond motifs is 3. The number of benzene rings is 3. The van der Waals surface area contributed by atoms with E-state index in [1.165, 1.54) is 0 Å². The Bertz CT molecular complexity index is 1460. The predicted molar refractivity (Wildman–Crippen MR) is 130 cm³/mol. The van der Waals surface area contributed by atoms with Crippen LogP contribution in [0.15, 0.2) is 79.0 Å². The lowest BCUT2D eigenvalue weighted by molar-refractivity contribution is 0.102. The van der Waals surface area contributed by atoms with E-state index in [-0.39, 0.29) is 12.4 Å². The highest BCUT2D eigenvalue weighted by Gasteiger charge is 2.21. The van der Waals surface area contributed by atoms with Crippen LogP contribution in [-0.2, 0) is 18.0 Å².